The highest BCUT2D eigenvalue weighted by atomic mass is 16.5. The molecular formula is C12H15N5O2. The second-order valence-corrected chi connectivity index (χ2v) is 3.99. The molecule has 2 aromatic heterocycles. The average Bonchev–Trinajstić information content (AvgIpc) is 2.70. The predicted octanol–water partition coefficient (Wildman–Crippen LogP) is 1.04. The minimum absolute atomic E-state index is 0.205. The largest absolute Gasteiger partial charge is 0.462 e. The van der Waals surface area contributed by atoms with Gasteiger partial charge in [-0.2, -0.15) is 9.78 Å². The van der Waals surface area contributed by atoms with Crippen molar-refractivity contribution in [2.75, 3.05) is 12.3 Å². The third-order valence-corrected chi connectivity index (χ3v) is 2.47. The number of rotatable bonds is 3. The molecule has 0 saturated heterocycles. The Morgan fingerprint density at radius 1 is 1.42 bits per heavy atom. The zero-order valence-electron chi connectivity index (χ0n) is 11.0. The Kier molecular flexibility index (Phi) is 3.46. The van der Waals surface area contributed by atoms with Gasteiger partial charge in [-0.3, -0.25) is 0 Å². The normalized spacial score (nSPS) is 10.5. The lowest BCUT2D eigenvalue weighted by atomic mass is 10.3. The van der Waals surface area contributed by atoms with Crippen LogP contribution in [0.15, 0.2) is 12.3 Å². The van der Waals surface area contributed by atoms with E-state index >= 15 is 0 Å². The number of ether oxygens (including phenoxy) is 1. The van der Waals surface area contributed by atoms with E-state index in [9.17, 15) is 4.79 Å². The number of nitrogen functional groups attached to an aromatic ring is 1. The van der Waals surface area contributed by atoms with E-state index in [1.807, 2.05) is 6.92 Å². The van der Waals surface area contributed by atoms with Crippen molar-refractivity contribution in [1.82, 2.24) is 19.7 Å². The quantitative estimate of drug-likeness (QED) is 0.829. The number of esters is 1. The van der Waals surface area contributed by atoms with Crippen LogP contribution in [0.2, 0.25) is 0 Å². The van der Waals surface area contributed by atoms with E-state index in [1.165, 1.54) is 10.9 Å². The zero-order valence-corrected chi connectivity index (χ0v) is 11.0. The van der Waals surface area contributed by atoms with Crippen LogP contribution in [-0.4, -0.2) is 32.3 Å². The molecule has 0 amide bonds. The first kappa shape index (κ1) is 13.0. The molecule has 0 saturated carbocycles. The van der Waals surface area contributed by atoms with Crippen LogP contribution in [0.3, 0.4) is 0 Å². The molecule has 0 fully saturated rings. The zero-order chi connectivity index (χ0) is 14.0. The molecule has 0 aliphatic rings. The van der Waals surface area contributed by atoms with Crippen molar-refractivity contribution >= 4 is 11.8 Å². The van der Waals surface area contributed by atoms with Crippen molar-refractivity contribution in [2.24, 2.45) is 0 Å². The van der Waals surface area contributed by atoms with Crippen LogP contribution < -0.4 is 5.73 Å². The van der Waals surface area contributed by atoms with Crippen LogP contribution in [-0.2, 0) is 4.74 Å². The highest BCUT2D eigenvalue weighted by Gasteiger charge is 2.17. The number of hydrogen-bond donors (Lipinski definition) is 1. The van der Waals surface area contributed by atoms with Gasteiger partial charge >= 0.3 is 5.97 Å². The van der Waals surface area contributed by atoms with E-state index in [0.29, 0.717) is 11.6 Å². The fourth-order valence-corrected chi connectivity index (χ4v) is 1.71. The summed E-state index contributed by atoms with van der Waals surface area (Å²) in [6.07, 6.45) is 1.38. The van der Waals surface area contributed by atoms with E-state index in [-0.39, 0.29) is 18.0 Å². The van der Waals surface area contributed by atoms with Gasteiger partial charge in [-0.15, -0.1) is 0 Å². The second-order valence-electron chi connectivity index (χ2n) is 3.99. The first-order valence-corrected chi connectivity index (χ1v) is 5.86. The first-order chi connectivity index (χ1) is 9.02. The molecule has 0 bridgehead atoms. The van der Waals surface area contributed by atoms with Gasteiger partial charge in [-0.05, 0) is 20.8 Å². The van der Waals surface area contributed by atoms with E-state index in [1.54, 1.807) is 19.9 Å². The van der Waals surface area contributed by atoms with E-state index in [0.717, 1.165) is 5.69 Å². The van der Waals surface area contributed by atoms with Crippen molar-refractivity contribution in [1.29, 1.82) is 0 Å². The van der Waals surface area contributed by atoms with Crippen LogP contribution in [0.5, 0.6) is 0 Å². The highest BCUT2D eigenvalue weighted by molar-refractivity contribution is 5.94. The van der Waals surface area contributed by atoms with Gasteiger partial charge in [-0.25, -0.2) is 14.8 Å². The molecule has 0 atom stereocenters. The average molecular weight is 261 g/mol. The van der Waals surface area contributed by atoms with Crippen molar-refractivity contribution in [3.8, 4) is 5.82 Å². The molecule has 0 aliphatic heterocycles. The Bertz CT molecular complexity index is 600. The molecule has 2 heterocycles. The summed E-state index contributed by atoms with van der Waals surface area (Å²) >= 11 is 0. The minimum atomic E-state index is -0.492. The maximum atomic E-state index is 11.7. The summed E-state index contributed by atoms with van der Waals surface area (Å²) in [5.41, 5.74) is 6.94. The summed E-state index contributed by atoms with van der Waals surface area (Å²) in [6.45, 7) is 5.65. The van der Waals surface area contributed by atoms with Crippen LogP contribution >= 0.6 is 0 Å². The monoisotopic (exact) mass is 261 g/mol. The molecule has 2 N–H and O–H groups in total. The lowest BCUT2D eigenvalue weighted by molar-refractivity contribution is 0.0527. The Labute approximate surface area is 110 Å². The molecule has 0 aromatic carbocycles. The molecule has 100 valence electrons. The number of hydrogen-bond acceptors (Lipinski definition) is 6. The van der Waals surface area contributed by atoms with Crippen molar-refractivity contribution in [2.45, 2.75) is 20.8 Å². The Morgan fingerprint density at radius 3 is 2.79 bits per heavy atom. The Balaban J connectivity index is 2.44. The molecule has 0 aliphatic carbocycles. The number of aryl methyl sites for hydroxylation is 2. The third kappa shape index (κ3) is 2.54. The van der Waals surface area contributed by atoms with Crippen molar-refractivity contribution < 1.29 is 9.53 Å². The van der Waals surface area contributed by atoms with Crippen LogP contribution in [0.1, 0.15) is 28.8 Å². The number of carbonyl (C=O) groups excluding carboxylic acids is 1. The fraction of sp³-hybridized carbons (Fsp3) is 0.333. The lowest BCUT2D eigenvalue weighted by Gasteiger charge is -2.06. The van der Waals surface area contributed by atoms with Gasteiger partial charge in [0.15, 0.2) is 5.82 Å². The minimum Gasteiger partial charge on any atom is -0.462 e. The highest BCUT2D eigenvalue weighted by Crippen LogP contribution is 2.17. The van der Waals surface area contributed by atoms with E-state index < -0.39 is 5.97 Å². The molecule has 7 nitrogen and oxygen atoms in total. The Hall–Kier alpha value is -2.44. The number of carbonyl (C=O) groups is 1. The summed E-state index contributed by atoms with van der Waals surface area (Å²) in [4.78, 5) is 20.1. The number of nitrogens with zero attached hydrogens (tertiary/aromatic N) is 4. The van der Waals surface area contributed by atoms with Crippen LogP contribution in [0, 0.1) is 13.8 Å². The van der Waals surface area contributed by atoms with Gasteiger partial charge in [-0.1, -0.05) is 0 Å². The van der Waals surface area contributed by atoms with Crippen molar-refractivity contribution in [3.05, 3.63) is 29.3 Å². The van der Waals surface area contributed by atoms with Gasteiger partial charge in [0, 0.05) is 11.8 Å². The summed E-state index contributed by atoms with van der Waals surface area (Å²) < 4.78 is 6.30. The first-order valence-electron chi connectivity index (χ1n) is 5.86. The van der Waals surface area contributed by atoms with Crippen LogP contribution in [0.25, 0.3) is 5.82 Å². The fourth-order valence-electron chi connectivity index (χ4n) is 1.71. The van der Waals surface area contributed by atoms with Gasteiger partial charge in [0.05, 0.1) is 12.8 Å². The molecule has 2 aromatic rings. The second kappa shape index (κ2) is 5.05. The van der Waals surface area contributed by atoms with Gasteiger partial charge in [0.1, 0.15) is 17.2 Å². The molecule has 0 spiro atoms. The lowest BCUT2D eigenvalue weighted by Crippen LogP contribution is -2.10. The van der Waals surface area contributed by atoms with E-state index in [2.05, 4.69) is 15.1 Å². The third-order valence-electron chi connectivity index (χ3n) is 2.47. The summed E-state index contributed by atoms with van der Waals surface area (Å²) in [7, 11) is 0. The molecule has 19 heavy (non-hydrogen) atoms. The molecule has 0 unspecified atom stereocenters. The molecule has 2 rings (SSSR count). The summed E-state index contributed by atoms with van der Waals surface area (Å²) in [5, 5.41) is 4.07. The van der Waals surface area contributed by atoms with Crippen molar-refractivity contribution in [3.63, 3.8) is 0 Å². The van der Waals surface area contributed by atoms with Gasteiger partial charge < -0.3 is 10.5 Å². The number of anilines is 1. The predicted molar refractivity (Wildman–Crippen MR) is 69.0 cm³/mol. The van der Waals surface area contributed by atoms with Gasteiger partial charge in [0.2, 0.25) is 0 Å². The van der Waals surface area contributed by atoms with Crippen LogP contribution in [0.4, 0.5) is 5.82 Å². The Morgan fingerprint density at radius 2 is 2.16 bits per heavy atom. The topological polar surface area (TPSA) is 95.9 Å². The van der Waals surface area contributed by atoms with Gasteiger partial charge in [0.25, 0.3) is 0 Å². The number of nitrogens with two attached hydrogens (primary N) is 1. The summed E-state index contributed by atoms with van der Waals surface area (Å²) in [6, 6.07) is 1.74. The standard InChI is InChI=1S/C12H15N5O2/c1-4-19-12(18)9-6-14-17(11(9)13)10-5-7(2)15-8(3)16-10/h5-6H,4,13H2,1-3H3. The molecule has 0 radical (unpaired) electrons. The number of aromatic nitrogens is 4. The molecule has 7 heteroatoms. The molecular weight excluding hydrogens is 246 g/mol. The maximum Gasteiger partial charge on any atom is 0.343 e. The smallest absolute Gasteiger partial charge is 0.343 e. The SMILES string of the molecule is CCOC(=O)c1cnn(-c2cc(C)nc(C)n2)c1N. The maximum absolute atomic E-state index is 11.7. The van der Waals surface area contributed by atoms with E-state index in [4.69, 9.17) is 10.5 Å². The summed E-state index contributed by atoms with van der Waals surface area (Å²) in [5.74, 6) is 0.852.